The van der Waals surface area contributed by atoms with E-state index in [2.05, 4.69) is 26.0 Å². The monoisotopic (exact) mass is 272 g/mol. The van der Waals surface area contributed by atoms with Crippen LogP contribution in [0.25, 0.3) is 11.1 Å². The van der Waals surface area contributed by atoms with Crippen LogP contribution >= 0.6 is 0 Å². The van der Waals surface area contributed by atoms with E-state index >= 15 is 0 Å². The molecule has 0 aliphatic carbocycles. The van der Waals surface area contributed by atoms with Gasteiger partial charge in [-0.2, -0.15) is 0 Å². The fraction of sp³-hybridized carbons (Fsp3) is 0.333. The first-order valence-electron chi connectivity index (χ1n) is 7.21. The molecular weight excluding hydrogens is 248 g/mol. The Morgan fingerprint density at radius 3 is 1.95 bits per heavy atom. The molecule has 0 aliphatic rings. The number of hydrogen-bond donors (Lipinski definition) is 1. The van der Waals surface area contributed by atoms with E-state index in [0.717, 1.165) is 5.75 Å². The van der Waals surface area contributed by atoms with E-state index in [1.54, 1.807) is 0 Å². The predicted octanol–water partition coefficient (Wildman–Crippen LogP) is 4.53. The summed E-state index contributed by atoms with van der Waals surface area (Å²) in [5.74, 6) is 0.845. The van der Waals surface area contributed by atoms with E-state index in [1.807, 2.05) is 42.5 Å². The van der Waals surface area contributed by atoms with E-state index < -0.39 is 0 Å². The van der Waals surface area contributed by atoms with Gasteiger partial charge in [-0.15, -0.1) is 0 Å². The topological polar surface area (TPSA) is 29.5 Å². The number of aliphatic hydroxyl groups excluding tert-OH is 1. The number of benzene rings is 2. The minimum Gasteiger partial charge on any atom is -0.494 e. The number of aliphatic hydroxyl groups is 1. The van der Waals surface area contributed by atoms with Gasteiger partial charge in [0.25, 0.3) is 0 Å². The van der Waals surface area contributed by atoms with E-state index in [1.165, 1.54) is 17.5 Å². The quantitative estimate of drug-likeness (QED) is 0.810. The van der Waals surface area contributed by atoms with Crippen molar-refractivity contribution in [2.24, 2.45) is 0 Å². The highest BCUT2D eigenvalue weighted by Crippen LogP contribution is 2.21. The predicted molar refractivity (Wildman–Crippen MR) is 85.0 cm³/mol. The Morgan fingerprint density at radius 1 is 0.850 bits per heavy atom. The second-order valence-electron chi connectivity index (χ2n) is 4.52. The van der Waals surface area contributed by atoms with Crippen molar-refractivity contribution in [2.45, 2.75) is 26.7 Å². The molecule has 0 aliphatic heterocycles. The van der Waals surface area contributed by atoms with Gasteiger partial charge in [0.15, 0.2) is 0 Å². The van der Waals surface area contributed by atoms with Crippen molar-refractivity contribution >= 4 is 0 Å². The molecule has 2 nitrogen and oxygen atoms in total. The van der Waals surface area contributed by atoms with E-state index in [-0.39, 0.29) is 6.61 Å². The molecule has 0 radical (unpaired) electrons. The molecule has 1 N–H and O–H groups in total. The first-order chi connectivity index (χ1) is 9.81. The van der Waals surface area contributed by atoms with Crippen molar-refractivity contribution in [3.05, 3.63) is 54.6 Å². The third kappa shape index (κ3) is 5.89. The first-order valence-corrected chi connectivity index (χ1v) is 7.21. The molecular formula is C18H24O2. The largest absolute Gasteiger partial charge is 0.494 e. The maximum Gasteiger partial charge on any atom is 0.119 e. The van der Waals surface area contributed by atoms with Gasteiger partial charge in [-0.3, -0.25) is 0 Å². The summed E-state index contributed by atoms with van der Waals surface area (Å²) in [6.45, 7) is 4.98. The SMILES string of the molecule is CCC.OCCCOc1ccc(-c2ccccc2)cc1. The van der Waals surface area contributed by atoms with Crippen LogP contribution in [0.1, 0.15) is 26.7 Å². The van der Waals surface area contributed by atoms with Gasteiger partial charge in [0.2, 0.25) is 0 Å². The zero-order chi connectivity index (χ0) is 14.6. The minimum absolute atomic E-state index is 0.169. The highest BCUT2D eigenvalue weighted by atomic mass is 16.5. The van der Waals surface area contributed by atoms with Crippen LogP contribution in [-0.4, -0.2) is 18.3 Å². The van der Waals surface area contributed by atoms with Crippen LogP contribution in [0.2, 0.25) is 0 Å². The van der Waals surface area contributed by atoms with E-state index in [9.17, 15) is 0 Å². The van der Waals surface area contributed by atoms with Gasteiger partial charge in [0.1, 0.15) is 5.75 Å². The lowest BCUT2D eigenvalue weighted by Gasteiger charge is -2.06. The molecule has 2 heteroatoms. The molecule has 20 heavy (non-hydrogen) atoms. The summed E-state index contributed by atoms with van der Waals surface area (Å²) in [5.41, 5.74) is 2.38. The third-order valence-corrected chi connectivity index (χ3v) is 2.53. The molecule has 2 rings (SSSR count). The Labute approximate surface area is 122 Å². The van der Waals surface area contributed by atoms with Crippen LogP contribution in [0.4, 0.5) is 0 Å². The summed E-state index contributed by atoms with van der Waals surface area (Å²) < 4.78 is 5.48. The van der Waals surface area contributed by atoms with Crippen molar-refractivity contribution < 1.29 is 9.84 Å². The average molecular weight is 272 g/mol. The molecule has 0 unspecified atom stereocenters. The Hall–Kier alpha value is -1.80. The Bertz CT molecular complexity index is 449. The lowest BCUT2D eigenvalue weighted by Crippen LogP contribution is -1.99. The molecule has 0 saturated heterocycles. The molecule has 0 spiro atoms. The van der Waals surface area contributed by atoms with Gasteiger partial charge in [-0.05, 0) is 23.3 Å². The zero-order valence-electron chi connectivity index (χ0n) is 12.4. The molecule has 0 bridgehead atoms. The molecule has 0 amide bonds. The average Bonchev–Trinajstić information content (AvgIpc) is 2.50. The van der Waals surface area contributed by atoms with Crippen molar-refractivity contribution in [3.8, 4) is 16.9 Å². The molecule has 2 aromatic carbocycles. The number of hydrogen-bond acceptors (Lipinski definition) is 2. The molecule has 108 valence electrons. The van der Waals surface area contributed by atoms with Gasteiger partial charge in [-0.25, -0.2) is 0 Å². The normalized spacial score (nSPS) is 9.55. The van der Waals surface area contributed by atoms with Crippen LogP contribution in [0, 0.1) is 0 Å². The van der Waals surface area contributed by atoms with Crippen LogP contribution in [0.3, 0.4) is 0 Å². The van der Waals surface area contributed by atoms with E-state index in [0.29, 0.717) is 13.0 Å². The Balaban J connectivity index is 0.000000612. The number of ether oxygens (including phenoxy) is 1. The highest BCUT2D eigenvalue weighted by Gasteiger charge is 1.97. The summed E-state index contributed by atoms with van der Waals surface area (Å²) in [7, 11) is 0. The van der Waals surface area contributed by atoms with Crippen LogP contribution in [-0.2, 0) is 0 Å². The summed E-state index contributed by atoms with van der Waals surface area (Å²) in [4.78, 5) is 0. The fourth-order valence-corrected chi connectivity index (χ4v) is 1.63. The minimum atomic E-state index is 0.169. The van der Waals surface area contributed by atoms with Crippen molar-refractivity contribution in [1.29, 1.82) is 0 Å². The third-order valence-electron chi connectivity index (χ3n) is 2.53. The van der Waals surface area contributed by atoms with Gasteiger partial charge >= 0.3 is 0 Å². The van der Waals surface area contributed by atoms with Crippen molar-refractivity contribution in [1.82, 2.24) is 0 Å². The van der Waals surface area contributed by atoms with Crippen LogP contribution < -0.4 is 4.74 Å². The molecule has 0 heterocycles. The molecule has 2 aromatic rings. The summed E-state index contributed by atoms with van der Waals surface area (Å²) in [6, 6.07) is 18.2. The first kappa shape index (κ1) is 16.3. The van der Waals surface area contributed by atoms with Gasteiger partial charge in [-0.1, -0.05) is 62.7 Å². The fourth-order valence-electron chi connectivity index (χ4n) is 1.63. The standard InChI is InChI=1S/C15H16O2.C3H8/c16-11-4-12-17-15-9-7-14(8-10-15)13-5-2-1-3-6-13;1-3-2/h1-3,5-10,16H,4,11-12H2;3H2,1-2H3. The molecule has 0 saturated carbocycles. The maximum atomic E-state index is 8.66. The zero-order valence-corrected chi connectivity index (χ0v) is 12.4. The van der Waals surface area contributed by atoms with Gasteiger partial charge in [0.05, 0.1) is 6.61 Å². The Kier molecular flexibility index (Phi) is 8.16. The highest BCUT2D eigenvalue weighted by molar-refractivity contribution is 5.63. The van der Waals surface area contributed by atoms with Crippen LogP contribution in [0.15, 0.2) is 54.6 Å². The van der Waals surface area contributed by atoms with Gasteiger partial charge < -0.3 is 9.84 Å². The van der Waals surface area contributed by atoms with Crippen LogP contribution in [0.5, 0.6) is 5.75 Å². The molecule has 0 fully saturated rings. The molecule has 0 atom stereocenters. The van der Waals surface area contributed by atoms with Gasteiger partial charge in [0, 0.05) is 13.0 Å². The lowest BCUT2D eigenvalue weighted by molar-refractivity contribution is 0.233. The lowest BCUT2D eigenvalue weighted by atomic mass is 10.1. The summed E-state index contributed by atoms with van der Waals surface area (Å²) in [6.07, 6.45) is 1.92. The van der Waals surface area contributed by atoms with E-state index in [4.69, 9.17) is 9.84 Å². The van der Waals surface area contributed by atoms with Crippen molar-refractivity contribution in [2.75, 3.05) is 13.2 Å². The number of rotatable bonds is 5. The smallest absolute Gasteiger partial charge is 0.119 e. The Morgan fingerprint density at radius 2 is 1.40 bits per heavy atom. The molecule has 0 aromatic heterocycles. The second-order valence-corrected chi connectivity index (χ2v) is 4.52. The maximum absolute atomic E-state index is 8.66. The second kappa shape index (κ2) is 10.0. The summed E-state index contributed by atoms with van der Waals surface area (Å²) >= 11 is 0. The summed E-state index contributed by atoms with van der Waals surface area (Å²) in [5, 5.41) is 8.66. The van der Waals surface area contributed by atoms with Crippen molar-refractivity contribution in [3.63, 3.8) is 0 Å².